The smallest absolute Gasteiger partial charge is 0.249 e. The highest BCUT2D eigenvalue weighted by Gasteiger charge is 2.71. The number of carbonyl (C=O) groups is 3. The van der Waals surface area contributed by atoms with Gasteiger partial charge in [0.05, 0.1) is 17.9 Å². The van der Waals surface area contributed by atoms with Gasteiger partial charge in [-0.1, -0.05) is 74.6 Å². The summed E-state index contributed by atoms with van der Waals surface area (Å²) in [4.78, 5) is 48.5. The largest absolute Gasteiger partial charge is 0.396 e. The number of fused-ring (bicyclic) bond motifs is 2. The van der Waals surface area contributed by atoms with Gasteiger partial charge in [-0.3, -0.25) is 14.4 Å². The van der Waals surface area contributed by atoms with Crippen molar-refractivity contribution >= 4 is 23.4 Å². The Morgan fingerprint density at radius 1 is 0.875 bits per heavy atom. The van der Waals surface area contributed by atoms with E-state index in [2.05, 4.69) is 0 Å². The van der Waals surface area contributed by atoms with E-state index in [4.69, 9.17) is 4.74 Å². The summed E-state index contributed by atoms with van der Waals surface area (Å²) in [7, 11) is 0. The Kier molecular flexibility index (Phi) is 7.82. The number of carbonyl (C=O) groups excluding carboxylic acids is 3. The zero-order chi connectivity index (χ0) is 27.7. The topological polar surface area (TPSA) is 90.4 Å². The lowest BCUT2D eigenvalue weighted by molar-refractivity contribution is -0.149. The van der Waals surface area contributed by atoms with Crippen LogP contribution in [0.1, 0.15) is 57.8 Å². The summed E-state index contributed by atoms with van der Waals surface area (Å²) in [5.74, 6) is -1.79. The summed E-state index contributed by atoms with van der Waals surface area (Å²) in [5.41, 5.74) is -0.380. The molecule has 8 heteroatoms. The lowest BCUT2D eigenvalue weighted by Crippen LogP contribution is -2.57. The van der Waals surface area contributed by atoms with Gasteiger partial charge >= 0.3 is 0 Å². The highest BCUT2D eigenvalue weighted by molar-refractivity contribution is 6.03. The Morgan fingerprint density at radius 3 is 2.42 bits per heavy atom. The van der Waals surface area contributed by atoms with E-state index in [-0.39, 0.29) is 30.4 Å². The van der Waals surface area contributed by atoms with E-state index in [9.17, 15) is 19.5 Å². The van der Waals surface area contributed by atoms with Crippen molar-refractivity contribution < 1.29 is 24.2 Å². The summed E-state index contributed by atoms with van der Waals surface area (Å²) in [6.45, 7) is 1.51. The van der Waals surface area contributed by atoms with Gasteiger partial charge in [-0.25, -0.2) is 0 Å². The minimum Gasteiger partial charge on any atom is -0.396 e. The third-order valence-corrected chi connectivity index (χ3v) is 9.58. The summed E-state index contributed by atoms with van der Waals surface area (Å²) in [6.07, 6.45) is 15.8. The van der Waals surface area contributed by atoms with E-state index in [0.29, 0.717) is 19.6 Å². The molecule has 3 amide bonds. The predicted octanol–water partition coefficient (Wildman–Crippen LogP) is 3.45. The van der Waals surface area contributed by atoms with E-state index in [0.717, 1.165) is 57.1 Å². The second-order valence-electron chi connectivity index (χ2n) is 11.9. The maximum Gasteiger partial charge on any atom is 0.249 e. The van der Waals surface area contributed by atoms with Crippen molar-refractivity contribution in [2.24, 2.45) is 11.8 Å². The number of rotatable bonds is 8. The van der Waals surface area contributed by atoms with Gasteiger partial charge in [0.25, 0.3) is 0 Å². The van der Waals surface area contributed by atoms with Crippen LogP contribution in [0.25, 0.3) is 0 Å². The third-order valence-electron chi connectivity index (χ3n) is 9.58. The SMILES string of the molecule is O=C1[C@@H]2[C@H]3C(=O)N(CCCCCCO)C4C(=O)N(C5CCCCC5)CC=C[C@@]43O[C@@H]2C=CCN1c1ccccc1. The molecular formula is C32H41N3O5. The number of unbranched alkanes of at least 4 members (excludes halogenated alkanes) is 3. The molecule has 1 unspecified atom stereocenters. The highest BCUT2D eigenvalue weighted by atomic mass is 16.5. The first-order chi connectivity index (χ1) is 19.6. The average Bonchev–Trinajstić information content (AvgIpc) is 3.28. The minimum atomic E-state index is -1.17. The standard InChI is InChI=1S/C32H41N3O5/c36-22-10-2-1-9-19-35-28-31(39)34(24-15-7-4-8-16-24)21-12-18-32(28)27(30(35)38)26-25(40-32)17-11-20-33(29(26)37)23-13-5-3-6-14-23/h3,5-6,11-14,17-18,24-28,36H,1-2,4,7-10,15-16,19-22H2/t25-,26+,27+,28?,32+/m1/s1. The van der Waals surface area contributed by atoms with Crippen LogP contribution in [-0.4, -0.2) is 82.7 Å². The van der Waals surface area contributed by atoms with Crippen LogP contribution in [0.4, 0.5) is 5.69 Å². The maximum atomic E-state index is 14.5. The van der Waals surface area contributed by atoms with Crippen molar-refractivity contribution in [1.29, 1.82) is 0 Å². The van der Waals surface area contributed by atoms with Gasteiger partial charge in [-0.05, 0) is 37.8 Å². The number of para-hydroxylation sites is 1. The molecule has 0 bridgehead atoms. The second-order valence-corrected chi connectivity index (χ2v) is 11.9. The zero-order valence-corrected chi connectivity index (χ0v) is 23.2. The molecule has 1 aromatic carbocycles. The molecule has 1 aromatic rings. The number of amides is 3. The van der Waals surface area contributed by atoms with Crippen LogP contribution in [-0.2, 0) is 19.1 Å². The monoisotopic (exact) mass is 547 g/mol. The lowest BCUT2D eigenvalue weighted by Gasteiger charge is -2.39. The number of hydrogen-bond donors (Lipinski definition) is 1. The van der Waals surface area contributed by atoms with Crippen LogP contribution in [0.5, 0.6) is 0 Å². The minimum absolute atomic E-state index is 0.0455. The first-order valence-electron chi connectivity index (χ1n) is 15.2. The first-order valence-corrected chi connectivity index (χ1v) is 15.2. The van der Waals surface area contributed by atoms with Crippen molar-refractivity contribution in [3.63, 3.8) is 0 Å². The summed E-state index contributed by atoms with van der Waals surface area (Å²) in [6, 6.07) is 8.94. The van der Waals surface area contributed by atoms with Gasteiger partial charge in [0.15, 0.2) is 0 Å². The number of ether oxygens (including phenoxy) is 1. The second kappa shape index (κ2) is 11.5. The molecule has 40 heavy (non-hydrogen) atoms. The van der Waals surface area contributed by atoms with E-state index in [1.807, 2.05) is 59.5 Å². The molecule has 1 aliphatic carbocycles. The van der Waals surface area contributed by atoms with Gasteiger partial charge in [0, 0.05) is 38.0 Å². The maximum absolute atomic E-state index is 14.5. The number of aliphatic hydroxyl groups is 1. The van der Waals surface area contributed by atoms with Crippen molar-refractivity contribution in [3.05, 3.63) is 54.6 Å². The molecule has 1 spiro atoms. The average molecular weight is 548 g/mol. The first kappa shape index (κ1) is 27.2. The quantitative estimate of drug-likeness (QED) is 0.398. The highest BCUT2D eigenvalue weighted by Crippen LogP contribution is 2.54. The summed E-state index contributed by atoms with van der Waals surface area (Å²) < 4.78 is 6.78. The molecule has 5 aliphatic rings. The fraction of sp³-hybridized carbons (Fsp3) is 0.594. The number of nitrogens with zero attached hydrogens (tertiary/aromatic N) is 3. The van der Waals surface area contributed by atoms with Crippen molar-refractivity contribution in [2.75, 3.05) is 31.1 Å². The van der Waals surface area contributed by atoms with Gasteiger partial charge in [-0.15, -0.1) is 0 Å². The van der Waals surface area contributed by atoms with Crippen LogP contribution in [0, 0.1) is 11.8 Å². The number of benzene rings is 1. The van der Waals surface area contributed by atoms with Crippen molar-refractivity contribution in [2.45, 2.75) is 81.6 Å². The molecule has 0 radical (unpaired) electrons. The molecular weight excluding hydrogens is 506 g/mol. The Bertz CT molecular complexity index is 1160. The Balaban J connectivity index is 1.36. The predicted molar refractivity (Wildman–Crippen MR) is 151 cm³/mol. The number of likely N-dealkylation sites (tertiary alicyclic amines) is 1. The fourth-order valence-electron chi connectivity index (χ4n) is 7.70. The molecule has 6 rings (SSSR count). The van der Waals surface area contributed by atoms with E-state index in [1.54, 1.807) is 9.80 Å². The van der Waals surface area contributed by atoms with Gasteiger partial charge in [-0.2, -0.15) is 0 Å². The number of hydrogen-bond acceptors (Lipinski definition) is 5. The van der Waals surface area contributed by atoms with E-state index < -0.39 is 29.6 Å². The summed E-state index contributed by atoms with van der Waals surface area (Å²) >= 11 is 0. The molecule has 0 aromatic heterocycles. The molecule has 5 atom stereocenters. The van der Waals surface area contributed by atoms with Crippen molar-refractivity contribution in [1.82, 2.24) is 9.80 Å². The normalized spacial score (nSPS) is 32.2. The van der Waals surface area contributed by atoms with Gasteiger partial charge in [0.2, 0.25) is 17.7 Å². The molecule has 2 saturated heterocycles. The molecule has 4 heterocycles. The zero-order valence-electron chi connectivity index (χ0n) is 23.2. The van der Waals surface area contributed by atoms with Crippen LogP contribution < -0.4 is 4.90 Å². The van der Waals surface area contributed by atoms with E-state index in [1.165, 1.54) is 6.42 Å². The lowest BCUT2D eigenvalue weighted by atomic mass is 9.77. The molecule has 4 aliphatic heterocycles. The van der Waals surface area contributed by atoms with E-state index >= 15 is 0 Å². The molecule has 8 nitrogen and oxygen atoms in total. The molecule has 1 N–H and O–H groups in total. The molecule has 214 valence electrons. The van der Waals surface area contributed by atoms with Crippen LogP contribution in [0.2, 0.25) is 0 Å². The van der Waals surface area contributed by atoms with Gasteiger partial charge in [0.1, 0.15) is 11.6 Å². The molecule has 3 fully saturated rings. The fourth-order valence-corrected chi connectivity index (χ4v) is 7.70. The Hall–Kier alpha value is -2.97. The number of aliphatic hydroxyl groups excluding tert-OH is 1. The Labute approximate surface area is 236 Å². The van der Waals surface area contributed by atoms with Crippen LogP contribution in [0.3, 0.4) is 0 Å². The third kappa shape index (κ3) is 4.59. The van der Waals surface area contributed by atoms with Crippen LogP contribution >= 0.6 is 0 Å². The van der Waals surface area contributed by atoms with Crippen molar-refractivity contribution in [3.8, 4) is 0 Å². The number of anilines is 1. The van der Waals surface area contributed by atoms with Gasteiger partial charge < -0.3 is 24.5 Å². The van der Waals surface area contributed by atoms with Crippen LogP contribution in [0.15, 0.2) is 54.6 Å². The Morgan fingerprint density at radius 2 is 1.65 bits per heavy atom. The summed E-state index contributed by atoms with van der Waals surface area (Å²) in [5, 5.41) is 9.18. The molecule has 1 saturated carbocycles.